The summed E-state index contributed by atoms with van der Waals surface area (Å²) in [6.07, 6.45) is 1.74. The first-order chi connectivity index (χ1) is 8.83. The van der Waals surface area contributed by atoms with Gasteiger partial charge >= 0.3 is 11.9 Å². The van der Waals surface area contributed by atoms with E-state index in [2.05, 4.69) is 0 Å². The van der Waals surface area contributed by atoms with Crippen LogP contribution >= 0.6 is 0 Å². The zero-order chi connectivity index (χ0) is 13.9. The minimum absolute atomic E-state index is 0.205. The van der Waals surface area contributed by atoms with Crippen LogP contribution in [0.3, 0.4) is 0 Å². The van der Waals surface area contributed by atoms with Crippen LogP contribution in [0.25, 0.3) is 0 Å². The van der Waals surface area contributed by atoms with Crippen molar-refractivity contribution in [3.63, 3.8) is 0 Å². The van der Waals surface area contributed by atoms with Gasteiger partial charge in [0.2, 0.25) is 5.60 Å². The topological polar surface area (TPSA) is 61.8 Å². The molecule has 0 N–H and O–H groups in total. The number of carbonyl (C=O) groups excluding carboxylic acids is 2. The van der Waals surface area contributed by atoms with Crippen molar-refractivity contribution >= 4 is 11.9 Å². The second kappa shape index (κ2) is 3.72. The van der Waals surface area contributed by atoms with Gasteiger partial charge in [0.05, 0.1) is 18.6 Å². The van der Waals surface area contributed by atoms with Crippen molar-refractivity contribution in [2.24, 2.45) is 10.8 Å². The molecule has 0 aromatic rings. The van der Waals surface area contributed by atoms with E-state index in [1.165, 1.54) is 0 Å². The lowest BCUT2D eigenvalue weighted by molar-refractivity contribution is -0.187. The predicted octanol–water partition coefficient (Wildman–Crippen LogP) is 1.44. The summed E-state index contributed by atoms with van der Waals surface area (Å²) in [5.74, 6) is -0.675. The summed E-state index contributed by atoms with van der Waals surface area (Å²) in [5, 5.41) is 0. The van der Waals surface area contributed by atoms with Gasteiger partial charge in [0, 0.05) is 11.8 Å². The summed E-state index contributed by atoms with van der Waals surface area (Å²) >= 11 is 0. The van der Waals surface area contributed by atoms with E-state index in [9.17, 15) is 9.59 Å². The first kappa shape index (κ1) is 12.9. The molecule has 3 rings (SSSR count). The lowest BCUT2D eigenvalue weighted by atomic mass is 9.66. The fourth-order valence-electron chi connectivity index (χ4n) is 3.55. The monoisotopic (exact) mass is 268 g/mol. The zero-order valence-corrected chi connectivity index (χ0v) is 11.7. The Morgan fingerprint density at radius 2 is 2.05 bits per heavy atom. The van der Waals surface area contributed by atoms with Gasteiger partial charge < -0.3 is 14.2 Å². The van der Waals surface area contributed by atoms with E-state index in [1.807, 2.05) is 20.8 Å². The molecule has 0 aromatic carbocycles. The molecule has 1 saturated carbocycles. The van der Waals surface area contributed by atoms with Gasteiger partial charge in [-0.1, -0.05) is 13.8 Å². The van der Waals surface area contributed by atoms with Crippen molar-refractivity contribution in [1.29, 1.82) is 0 Å². The summed E-state index contributed by atoms with van der Waals surface area (Å²) in [7, 11) is 0. The van der Waals surface area contributed by atoms with Crippen LogP contribution in [0.5, 0.6) is 0 Å². The Morgan fingerprint density at radius 1 is 1.32 bits per heavy atom. The van der Waals surface area contributed by atoms with Crippen LogP contribution in [-0.2, 0) is 23.8 Å². The number of rotatable bonds is 2. The lowest BCUT2D eigenvalue weighted by Crippen LogP contribution is -2.49. The standard InChI is InChI=1S/C14H20O5/c1-12(2)13(3)5-6-14(12,19-10(13)15)11(16)18-9-4-7-17-8-9/h9H,4-8H2,1-3H3/t9-,13-,14+/m0/s1. The average Bonchev–Trinajstić information content (AvgIpc) is 2.94. The Hall–Kier alpha value is -1.10. The number of ether oxygens (including phenoxy) is 3. The number of hydrogen-bond donors (Lipinski definition) is 0. The molecule has 2 bridgehead atoms. The highest BCUT2D eigenvalue weighted by Crippen LogP contribution is 2.65. The summed E-state index contributed by atoms with van der Waals surface area (Å²) in [6.45, 7) is 6.80. The molecule has 19 heavy (non-hydrogen) atoms. The van der Waals surface area contributed by atoms with E-state index in [4.69, 9.17) is 14.2 Å². The Kier molecular flexibility index (Phi) is 2.53. The van der Waals surface area contributed by atoms with E-state index in [-0.39, 0.29) is 12.1 Å². The average molecular weight is 268 g/mol. The predicted molar refractivity (Wildman–Crippen MR) is 65.3 cm³/mol. The van der Waals surface area contributed by atoms with Crippen LogP contribution in [-0.4, -0.2) is 36.9 Å². The third-order valence-corrected chi connectivity index (χ3v) is 5.57. The number of esters is 2. The van der Waals surface area contributed by atoms with Crippen molar-refractivity contribution in [2.45, 2.75) is 51.7 Å². The Balaban J connectivity index is 1.87. The van der Waals surface area contributed by atoms with Crippen LogP contribution in [0.1, 0.15) is 40.0 Å². The first-order valence-electron chi connectivity index (χ1n) is 6.86. The normalized spacial score (nSPS) is 43.3. The Bertz CT molecular complexity index is 437. The first-order valence-corrected chi connectivity index (χ1v) is 6.86. The maximum absolute atomic E-state index is 12.5. The summed E-state index contributed by atoms with van der Waals surface area (Å²) in [6, 6.07) is 0. The van der Waals surface area contributed by atoms with Crippen LogP contribution in [0.2, 0.25) is 0 Å². The molecule has 106 valence electrons. The largest absolute Gasteiger partial charge is 0.457 e. The fourth-order valence-corrected chi connectivity index (χ4v) is 3.55. The maximum Gasteiger partial charge on any atom is 0.351 e. The van der Waals surface area contributed by atoms with E-state index in [0.717, 1.165) is 0 Å². The number of hydrogen-bond acceptors (Lipinski definition) is 5. The molecule has 0 unspecified atom stereocenters. The van der Waals surface area contributed by atoms with E-state index in [1.54, 1.807) is 0 Å². The van der Waals surface area contributed by atoms with Gasteiger partial charge in [0.25, 0.3) is 0 Å². The second-order valence-corrected chi connectivity index (χ2v) is 6.56. The van der Waals surface area contributed by atoms with Gasteiger partial charge in [0.1, 0.15) is 6.10 Å². The fraction of sp³-hybridized carbons (Fsp3) is 0.857. The van der Waals surface area contributed by atoms with E-state index in [0.29, 0.717) is 32.5 Å². The van der Waals surface area contributed by atoms with Gasteiger partial charge in [-0.05, 0) is 19.8 Å². The third kappa shape index (κ3) is 1.39. The second-order valence-electron chi connectivity index (χ2n) is 6.56. The molecule has 3 atom stereocenters. The molecule has 0 amide bonds. The Labute approximate surface area is 112 Å². The molecular weight excluding hydrogens is 248 g/mol. The van der Waals surface area contributed by atoms with Crippen LogP contribution < -0.4 is 0 Å². The lowest BCUT2D eigenvalue weighted by Gasteiger charge is -2.35. The smallest absolute Gasteiger partial charge is 0.351 e. The number of carbonyl (C=O) groups is 2. The molecular formula is C14H20O5. The quantitative estimate of drug-likeness (QED) is 0.709. The van der Waals surface area contributed by atoms with Crippen LogP contribution in [0, 0.1) is 10.8 Å². The minimum atomic E-state index is -1.11. The minimum Gasteiger partial charge on any atom is -0.457 e. The third-order valence-electron chi connectivity index (χ3n) is 5.57. The Morgan fingerprint density at radius 3 is 2.53 bits per heavy atom. The molecule has 3 fully saturated rings. The summed E-state index contributed by atoms with van der Waals surface area (Å²) in [5.41, 5.74) is -2.23. The van der Waals surface area contributed by atoms with Crippen molar-refractivity contribution in [2.75, 3.05) is 13.2 Å². The van der Waals surface area contributed by atoms with Gasteiger partial charge in [-0.15, -0.1) is 0 Å². The zero-order valence-electron chi connectivity index (χ0n) is 11.7. The van der Waals surface area contributed by atoms with Gasteiger partial charge in [-0.2, -0.15) is 0 Å². The molecule has 0 aromatic heterocycles. The summed E-state index contributed by atoms with van der Waals surface area (Å²) in [4.78, 5) is 24.6. The molecule has 5 nitrogen and oxygen atoms in total. The highest BCUT2D eigenvalue weighted by atomic mass is 16.6. The van der Waals surface area contributed by atoms with Gasteiger partial charge in [-0.25, -0.2) is 4.79 Å². The van der Waals surface area contributed by atoms with Gasteiger partial charge in [0.15, 0.2) is 0 Å². The van der Waals surface area contributed by atoms with Crippen molar-refractivity contribution in [3.05, 3.63) is 0 Å². The molecule has 2 saturated heterocycles. The molecule has 5 heteroatoms. The molecule has 1 aliphatic carbocycles. The summed E-state index contributed by atoms with van der Waals surface area (Å²) < 4.78 is 16.2. The highest BCUT2D eigenvalue weighted by Gasteiger charge is 2.76. The van der Waals surface area contributed by atoms with Crippen molar-refractivity contribution in [1.82, 2.24) is 0 Å². The van der Waals surface area contributed by atoms with Gasteiger partial charge in [-0.3, -0.25) is 4.79 Å². The van der Waals surface area contributed by atoms with Crippen LogP contribution in [0.4, 0.5) is 0 Å². The number of fused-ring (bicyclic) bond motifs is 2. The maximum atomic E-state index is 12.5. The van der Waals surface area contributed by atoms with Crippen molar-refractivity contribution in [3.8, 4) is 0 Å². The van der Waals surface area contributed by atoms with E-state index < -0.39 is 22.4 Å². The molecule has 3 aliphatic rings. The molecule has 2 aliphatic heterocycles. The molecule has 2 heterocycles. The SMILES string of the molecule is CC1(C)[C@@]2(C)CC[C@]1(C(=O)O[C@H]1CCOC1)OC2=O. The van der Waals surface area contributed by atoms with Crippen molar-refractivity contribution < 1.29 is 23.8 Å². The molecule has 0 spiro atoms. The van der Waals surface area contributed by atoms with E-state index >= 15 is 0 Å². The highest BCUT2D eigenvalue weighted by molar-refractivity contribution is 5.93. The van der Waals surface area contributed by atoms with Crippen LogP contribution in [0.15, 0.2) is 0 Å². The molecule has 0 radical (unpaired) electrons.